The van der Waals surface area contributed by atoms with E-state index in [4.69, 9.17) is 13.0 Å². The van der Waals surface area contributed by atoms with E-state index in [1.165, 1.54) is 122 Å². The third kappa shape index (κ3) is 7.52. The van der Waals surface area contributed by atoms with E-state index in [1.54, 1.807) is 0 Å². The summed E-state index contributed by atoms with van der Waals surface area (Å²) in [6, 6.07) is 27.6. The Morgan fingerprint density at radius 2 is 1.58 bits per heavy atom. The molecule has 4 aliphatic rings. The molecule has 0 amide bonds. The summed E-state index contributed by atoms with van der Waals surface area (Å²) in [5.74, 6) is 6.07. The molecule has 0 heteroatoms. The Hall–Kier alpha value is -3.56. The van der Waals surface area contributed by atoms with Gasteiger partial charge in [-0.25, -0.2) is 0 Å². The van der Waals surface area contributed by atoms with Gasteiger partial charge in [-0.15, -0.1) is 6.42 Å². The zero-order valence-electron chi connectivity index (χ0n) is 29.4. The van der Waals surface area contributed by atoms with Gasteiger partial charge in [-0.1, -0.05) is 123 Å². The highest BCUT2D eigenvalue weighted by molar-refractivity contribution is 5.76. The number of benzene rings is 3. The molecule has 248 valence electrons. The highest BCUT2D eigenvalue weighted by Crippen LogP contribution is 2.52. The maximum absolute atomic E-state index is 6.06. The van der Waals surface area contributed by atoms with Gasteiger partial charge in [0.25, 0.3) is 0 Å². The Balaban J connectivity index is 1.02. The van der Waals surface area contributed by atoms with Gasteiger partial charge in [-0.05, 0) is 152 Å². The lowest BCUT2D eigenvalue weighted by molar-refractivity contribution is 0.181. The number of terminal acetylenes is 1. The van der Waals surface area contributed by atoms with Crippen molar-refractivity contribution >= 4 is 5.57 Å². The van der Waals surface area contributed by atoms with Gasteiger partial charge in [-0.2, -0.15) is 0 Å². The van der Waals surface area contributed by atoms with Crippen LogP contribution in [-0.2, 0) is 12.8 Å². The van der Waals surface area contributed by atoms with E-state index in [9.17, 15) is 0 Å². The van der Waals surface area contributed by atoms with E-state index < -0.39 is 0 Å². The zero-order chi connectivity index (χ0) is 32.9. The van der Waals surface area contributed by atoms with Crippen molar-refractivity contribution in [3.8, 4) is 12.3 Å². The third-order valence-corrected chi connectivity index (χ3v) is 13.0. The largest absolute Gasteiger partial charge is 0.115 e. The minimum absolute atomic E-state index is 0.423. The van der Waals surface area contributed by atoms with Crippen LogP contribution in [0.2, 0.25) is 0 Å². The van der Waals surface area contributed by atoms with Crippen molar-refractivity contribution in [3.63, 3.8) is 0 Å². The smallest absolute Gasteiger partial charge is 0.0277 e. The number of rotatable bonds is 10. The van der Waals surface area contributed by atoms with Crippen LogP contribution in [0.1, 0.15) is 136 Å². The lowest BCUT2D eigenvalue weighted by atomic mass is 9.67. The first kappa shape index (κ1) is 33.0. The van der Waals surface area contributed by atoms with Gasteiger partial charge in [0.1, 0.15) is 0 Å². The normalized spacial score (nSPS) is 24.3. The summed E-state index contributed by atoms with van der Waals surface area (Å²) in [5, 5.41) is 0. The number of hydrogen-bond donors (Lipinski definition) is 0. The molecule has 0 radical (unpaired) electrons. The molecule has 2 atom stereocenters. The van der Waals surface area contributed by atoms with E-state index in [-0.39, 0.29) is 0 Å². The van der Waals surface area contributed by atoms with Crippen molar-refractivity contribution < 1.29 is 0 Å². The SMILES string of the molecule is C#Cc1ccc(CC2CCC(C(C(=C)CCc3ccccc3)c3ccc(C4=CC(C)C=C4)cc3)CC2)cc1C1CCC2(CCCC2)CC1. The first-order chi connectivity index (χ1) is 23.5. The average Bonchev–Trinajstić information content (AvgIpc) is 3.78. The Morgan fingerprint density at radius 1 is 0.854 bits per heavy atom. The van der Waals surface area contributed by atoms with E-state index in [0.29, 0.717) is 29.1 Å². The maximum atomic E-state index is 6.06. The van der Waals surface area contributed by atoms with Crippen LogP contribution in [0.15, 0.2) is 103 Å². The molecule has 0 heterocycles. The first-order valence-corrected chi connectivity index (χ1v) is 19.3. The van der Waals surface area contributed by atoms with Gasteiger partial charge in [-0.3, -0.25) is 0 Å². The monoisotopic (exact) mass is 632 g/mol. The fourth-order valence-corrected chi connectivity index (χ4v) is 10.1. The molecule has 0 N–H and O–H groups in total. The highest BCUT2D eigenvalue weighted by Gasteiger charge is 2.38. The lowest BCUT2D eigenvalue weighted by Gasteiger charge is -2.38. The number of allylic oxidation sites excluding steroid dienone is 5. The molecule has 2 unspecified atom stereocenters. The topological polar surface area (TPSA) is 0 Å². The summed E-state index contributed by atoms with van der Waals surface area (Å²) in [7, 11) is 0. The van der Waals surface area contributed by atoms with Crippen molar-refractivity contribution in [3.05, 3.63) is 137 Å². The second-order valence-corrected chi connectivity index (χ2v) is 16.1. The molecule has 3 aromatic carbocycles. The van der Waals surface area contributed by atoms with E-state index in [1.807, 2.05) is 0 Å². The van der Waals surface area contributed by atoms with Crippen LogP contribution >= 0.6 is 0 Å². The first-order valence-electron chi connectivity index (χ1n) is 19.3. The highest BCUT2D eigenvalue weighted by atomic mass is 14.4. The average molecular weight is 633 g/mol. The van der Waals surface area contributed by atoms with Crippen LogP contribution < -0.4 is 0 Å². The molecular weight excluding hydrogens is 577 g/mol. The molecule has 0 aromatic heterocycles. The van der Waals surface area contributed by atoms with Gasteiger partial charge < -0.3 is 0 Å². The fourth-order valence-electron chi connectivity index (χ4n) is 10.1. The summed E-state index contributed by atoms with van der Waals surface area (Å²) < 4.78 is 0. The molecule has 48 heavy (non-hydrogen) atoms. The summed E-state index contributed by atoms with van der Waals surface area (Å²) in [4.78, 5) is 0. The van der Waals surface area contributed by atoms with E-state index in [0.717, 1.165) is 24.3 Å². The molecule has 3 fully saturated rings. The summed E-state index contributed by atoms with van der Waals surface area (Å²) in [5.41, 5.74) is 11.8. The molecular formula is C48H56. The summed E-state index contributed by atoms with van der Waals surface area (Å²) in [6.07, 6.45) is 32.8. The summed E-state index contributed by atoms with van der Waals surface area (Å²) >= 11 is 0. The van der Waals surface area contributed by atoms with Gasteiger partial charge >= 0.3 is 0 Å². The lowest BCUT2D eigenvalue weighted by Crippen LogP contribution is -2.24. The van der Waals surface area contributed by atoms with E-state index in [2.05, 4.69) is 104 Å². The predicted molar refractivity (Wildman–Crippen MR) is 205 cm³/mol. The van der Waals surface area contributed by atoms with Gasteiger partial charge in [0.15, 0.2) is 0 Å². The Bertz CT molecular complexity index is 1630. The second-order valence-electron chi connectivity index (χ2n) is 16.1. The van der Waals surface area contributed by atoms with Crippen LogP contribution in [0.25, 0.3) is 5.57 Å². The molecule has 3 aromatic rings. The maximum Gasteiger partial charge on any atom is 0.0277 e. The molecule has 0 bridgehead atoms. The van der Waals surface area contributed by atoms with Crippen LogP contribution in [0.4, 0.5) is 0 Å². The zero-order valence-corrected chi connectivity index (χ0v) is 29.4. The van der Waals surface area contributed by atoms with Crippen molar-refractivity contribution in [2.75, 3.05) is 0 Å². The van der Waals surface area contributed by atoms with Crippen LogP contribution in [-0.4, -0.2) is 0 Å². The number of aryl methyl sites for hydroxylation is 1. The number of hydrogen-bond acceptors (Lipinski definition) is 0. The minimum atomic E-state index is 0.423. The van der Waals surface area contributed by atoms with E-state index >= 15 is 0 Å². The quantitative estimate of drug-likeness (QED) is 0.154. The van der Waals surface area contributed by atoms with Crippen molar-refractivity contribution in [2.24, 2.45) is 23.2 Å². The fraction of sp³-hybridized carbons (Fsp3) is 0.458. The molecule has 7 rings (SSSR count). The summed E-state index contributed by atoms with van der Waals surface area (Å²) in [6.45, 7) is 7.03. The van der Waals surface area contributed by atoms with Gasteiger partial charge in [0, 0.05) is 11.5 Å². The van der Waals surface area contributed by atoms with Crippen LogP contribution in [0.5, 0.6) is 0 Å². The van der Waals surface area contributed by atoms with Crippen molar-refractivity contribution in [2.45, 2.75) is 115 Å². The van der Waals surface area contributed by atoms with Gasteiger partial charge in [0.2, 0.25) is 0 Å². The van der Waals surface area contributed by atoms with Crippen molar-refractivity contribution in [1.29, 1.82) is 0 Å². The molecule has 0 nitrogen and oxygen atoms in total. The standard InChI is InChI=1S/C48H56/c1-4-40-19-17-39(34-46(40)42-26-30-48(31-27-42)28-8-9-29-48)33-38-15-20-43(21-16-38)47(36(3)13-14-37-10-6-5-7-11-37)44-24-22-41(23-25-44)45-18-12-35(2)32-45/h1,5-7,10-12,17-19,22-25,32,34-35,38,42-43,47H,3,8-9,13-16,20-21,26-31,33H2,2H3. The molecule has 3 saturated carbocycles. The molecule has 1 spiro atoms. The molecule has 4 aliphatic carbocycles. The predicted octanol–water partition coefficient (Wildman–Crippen LogP) is 12.8. The Kier molecular flexibility index (Phi) is 10.2. The molecule has 0 saturated heterocycles. The van der Waals surface area contributed by atoms with Crippen molar-refractivity contribution in [1.82, 2.24) is 0 Å². The van der Waals surface area contributed by atoms with Crippen LogP contribution in [0, 0.1) is 35.5 Å². The minimum Gasteiger partial charge on any atom is -0.115 e. The third-order valence-electron chi connectivity index (χ3n) is 13.0. The Morgan fingerprint density at radius 3 is 2.25 bits per heavy atom. The van der Waals surface area contributed by atoms with Crippen LogP contribution in [0.3, 0.4) is 0 Å². The Labute approximate surface area is 291 Å². The van der Waals surface area contributed by atoms with Gasteiger partial charge in [0.05, 0.1) is 0 Å². The molecule has 0 aliphatic heterocycles. The second kappa shape index (κ2) is 14.9.